The second-order valence-electron chi connectivity index (χ2n) is 4.23. The van der Waals surface area contributed by atoms with E-state index in [2.05, 4.69) is 4.74 Å². The zero-order valence-corrected chi connectivity index (χ0v) is 11.6. The Labute approximate surface area is 135 Å². The molecule has 0 rings (SSSR count). The van der Waals surface area contributed by atoms with E-state index < -0.39 is 45.9 Å². The number of carbonyl (C=O) groups excluding carboxylic acids is 2. The quantitative estimate of drug-likeness (QED) is 0.414. The Morgan fingerprint density at radius 1 is 1.05 bits per heavy atom. The molecule has 0 aromatic heterocycles. The Balaban J connectivity index is 0. The van der Waals surface area contributed by atoms with Gasteiger partial charge in [0, 0.05) is 0 Å². The zero-order valence-electron chi connectivity index (χ0n) is 10.7. The molecular weight excluding hydrogens is 287 g/mol. The average Bonchev–Trinajstić information content (AvgIpc) is 2.09. The van der Waals surface area contributed by atoms with Crippen LogP contribution in [0.3, 0.4) is 0 Å². The van der Waals surface area contributed by atoms with Crippen molar-refractivity contribution in [3.05, 3.63) is 0 Å². The monoisotopic (exact) mass is 306 g/mol. The van der Waals surface area contributed by atoms with E-state index in [1.165, 1.54) is 13.8 Å². The van der Waals surface area contributed by atoms with Gasteiger partial charge in [0.2, 0.25) is 0 Å². The molecule has 0 spiro atoms. The van der Waals surface area contributed by atoms with Gasteiger partial charge in [-0.2, -0.15) is 8.42 Å². The summed E-state index contributed by atoms with van der Waals surface area (Å²) in [5, 5.41) is -1.95. The zero-order chi connectivity index (χ0) is 14.5. The van der Waals surface area contributed by atoms with Crippen LogP contribution in [0.5, 0.6) is 0 Å². The van der Waals surface area contributed by atoms with Gasteiger partial charge in [0.15, 0.2) is 5.25 Å². The van der Waals surface area contributed by atoms with Crippen LogP contribution < -0.4 is 0 Å². The molecule has 0 saturated carbocycles. The summed E-state index contributed by atoms with van der Waals surface area (Å²) in [6.07, 6.45) is -1.77. The Hall–Kier alpha value is -0.150. The van der Waals surface area contributed by atoms with Gasteiger partial charge >= 0.3 is 41.5 Å². The SMILES string of the molecule is CC(C)OC(=O)CC(C(=O)OC(C)C)S(=O)(=O)O.[NaH]. The molecule has 0 bridgehead atoms. The van der Waals surface area contributed by atoms with Crippen molar-refractivity contribution in [1.29, 1.82) is 0 Å². The topological polar surface area (TPSA) is 107 Å². The molecule has 0 aliphatic carbocycles. The van der Waals surface area contributed by atoms with Gasteiger partial charge < -0.3 is 9.47 Å². The molecule has 0 saturated heterocycles. The Morgan fingerprint density at radius 3 is 1.79 bits per heavy atom. The number of hydrogen-bond acceptors (Lipinski definition) is 6. The fraction of sp³-hybridized carbons (Fsp3) is 0.800. The molecule has 1 N–H and O–H groups in total. The van der Waals surface area contributed by atoms with Crippen molar-refractivity contribution in [3.63, 3.8) is 0 Å². The second kappa shape index (κ2) is 8.91. The third-order valence-corrected chi connectivity index (χ3v) is 2.77. The first-order valence-corrected chi connectivity index (χ1v) is 6.90. The summed E-state index contributed by atoms with van der Waals surface area (Å²) in [7, 11) is -4.72. The minimum atomic E-state index is -4.72. The minimum absolute atomic E-state index is 0. The first-order valence-electron chi connectivity index (χ1n) is 5.40. The molecule has 0 radical (unpaired) electrons. The molecule has 19 heavy (non-hydrogen) atoms. The molecule has 0 amide bonds. The van der Waals surface area contributed by atoms with E-state index in [0.29, 0.717) is 0 Å². The molecule has 0 heterocycles. The predicted molar refractivity (Wildman–Crippen MR) is 69.6 cm³/mol. The molecule has 9 heteroatoms. The van der Waals surface area contributed by atoms with Crippen molar-refractivity contribution in [1.82, 2.24) is 0 Å². The van der Waals surface area contributed by atoms with E-state index in [4.69, 9.17) is 9.29 Å². The van der Waals surface area contributed by atoms with Crippen molar-refractivity contribution in [2.75, 3.05) is 0 Å². The fourth-order valence-corrected chi connectivity index (χ4v) is 1.73. The molecule has 0 aromatic carbocycles. The summed E-state index contributed by atoms with van der Waals surface area (Å²) in [4.78, 5) is 22.7. The van der Waals surface area contributed by atoms with Gasteiger partial charge in [0.1, 0.15) is 0 Å². The Morgan fingerprint density at radius 2 is 1.47 bits per heavy atom. The predicted octanol–water partition coefficient (Wildman–Crippen LogP) is -0.112. The van der Waals surface area contributed by atoms with E-state index in [-0.39, 0.29) is 29.6 Å². The van der Waals surface area contributed by atoms with Crippen LogP contribution in [0.15, 0.2) is 0 Å². The molecule has 0 aliphatic heterocycles. The fourth-order valence-electron chi connectivity index (χ4n) is 1.08. The molecule has 0 aromatic rings. The van der Waals surface area contributed by atoms with Crippen LogP contribution in [0.1, 0.15) is 34.1 Å². The van der Waals surface area contributed by atoms with Crippen molar-refractivity contribution < 1.29 is 32.0 Å². The third kappa shape index (κ3) is 9.39. The van der Waals surface area contributed by atoms with Crippen LogP contribution in [0.4, 0.5) is 0 Å². The number of rotatable bonds is 6. The first-order chi connectivity index (χ1) is 8.04. The number of ether oxygens (including phenoxy) is 2. The molecular formula is C10H19NaO7S. The Bertz CT molecular complexity index is 402. The molecule has 1 atom stereocenters. The molecule has 108 valence electrons. The van der Waals surface area contributed by atoms with Crippen molar-refractivity contribution in [2.24, 2.45) is 0 Å². The van der Waals surface area contributed by atoms with Gasteiger partial charge in [-0.25, -0.2) is 0 Å². The third-order valence-electron chi connectivity index (χ3n) is 1.69. The molecule has 1 unspecified atom stereocenters. The van der Waals surface area contributed by atoms with E-state index in [1.54, 1.807) is 13.8 Å². The van der Waals surface area contributed by atoms with Gasteiger partial charge in [-0.15, -0.1) is 0 Å². The van der Waals surface area contributed by atoms with Crippen LogP contribution in [0, 0.1) is 0 Å². The van der Waals surface area contributed by atoms with Crippen LogP contribution in [0.25, 0.3) is 0 Å². The van der Waals surface area contributed by atoms with Crippen LogP contribution >= 0.6 is 0 Å². The first kappa shape index (κ1) is 21.2. The summed E-state index contributed by atoms with van der Waals surface area (Å²) in [6, 6.07) is 0. The summed E-state index contributed by atoms with van der Waals surface area (Å²) >= 11 is 0. The maximum atomic E-state index is 11.5. The molecule has 0 aliphatic rings. The van der Waals surface area contributed by atoms with Gasteiger partial charge in [-0.05, 0) is 27.7 Å². The second-order valence-corrected chi connectivity index (χ2v) is 5.83. The molecule has 7 nitrogen and oxygen atoms in total. The van der Waals surface area contributed by atoms with E-state index in [1.807, 2.05) is 0 Å². The normalized spacial score (nSPS) is 12.8. The van der Waals surface area contributed by atoms with E-state index in [0.717, 1.165) is 0 Å². The van der Waals surface area contributed by atoms with Crippen molar-refractivity contribution >= 4 is 51.6 Å². The number of esters is 2. The summed E-state index contributed by atoms with van der Waals surface area (Å²) in [6.45, 7) is 6.19. The van der Waals surface area contributed by atoms with Gasteiger partial charge in [0.25, 0.3) is 10.1 Å². The molecule has 0 fully saturated rings. The van der Waals surface area contributed by atoms with Gasteiger partial charge in [-0.1, -0.05) is 0 Å². The van der Waals surface area contributed by atoms with Crippen molar-refractivity contribution in [2.45, 2.75) is 51.6 Å². The van der Waals surface area contributed by atoms with Crippen LogP contribution in [-0.2, 0) is 29.2 Å². The van der Waals surface area contributed by atoms with Crippen LogP contribution in [0.2, 0.25) is 0 Å². The number of hydrogen-bond donors (Lipinski definition) is 1. The average molecular weight is 306 g/mol. The van der Waals surface area contributed by atoms with Gasteiger partial charge in [-0.3, -0.25) is 14.1 Å². The summed E-state index contributed by atoms with van der Waals surface area (Å²) < 4.78 is 40.3. The maximum absolute atomic E-state index is 11.5. The summed E-state index contributed by atoms with van der Waals surface area (Å²) in [5.41, 5.74) is 0. The van der Waals surface area contributed by atoms with Crippen LogP contribution in [-0.4, -0.2) is 71.9 Å². The van der Waals surface area contributed by atoms with E-state index >= 15 is 0 Å². The van der Waals surface area contributed by atoms with E-state index in [9.17, 15) is 18.0 Å². The van der Waals surface area contributed by atoms with Crippen molar-refractivity contribution in [3.8, 4) is 0 Å². The Kier molecular flexibility index (Phi) is 9.92. The standard InChI is InChI=1S/C10H18O7S.Na.H/c1-6(2)16-9(11)5-8(18(13,14)15)10(12)17-7(3)4;;/h6-8H,5H2,1-4H3,(H,13,14,15);;. The van der Waals surface area contributed by atoms with Gasteiger partial charge in [0.05, 0.1) is 18.6 Å². The number of carbonyl (C=O) groups is 2. The summed E-state index contributed by atoms with van der Waals surface area (Å²) in [5.74, 6) is -2.07.